The van der Waals surface area contributed by atoms with Gasteiger partial charge in [0.05, 0.1) is 5.56 Å². The van der Waals surface area contributed by atoms with E-state index in [9.17, 15) is 9.90 Å². The van der Waals surface area contributed by atoms with Gasteiger partial charge in [0.1, 0.15) is 0 Å². The van der Waals surface area contributed by atoms with Crippen molar-refractivity contribution in [1.29, 1.82) is 0 Å². The molecule has 0 radical (unpaired) electrons. The highest BCUT2D eigenvalue weighted by molar-refractivity contribution is 5.88. The summed E-state index contributed by atoms with van der Waals surface area (Å²) < 4.78 is 4.83. The molecule has 4 heteroatoms. The first kappa shape index (κ1) is 17.4. The molecule has 0 atom stereocenters. The minimum Gasteiger partial charge on any atom is -0.872 e. The first-order valence-electron chi connectivity index (χ1n) is 6.36. The van der Waals surface area contributed by atoms with Gasteiger partial charge in [-0.2, -0.15) is 0 Å². The second kappa shape index (κ2) is 7.79. The predicted molar refractivity (Wildman–Crippen MR) is 73.7 cm³/mol. The lowest BCUT2D eigenvalue weighted by molar-refractivity contribution is -0.270. The van der Waals surface area contributed by atoms with Gasteiger partial charge in [-0.15, -0.1) is 5.75 Å². The largest absolute Gasteiger partial charge is 0.872 e. The molecule has 0 spiro atoms. The molecular weight excluding hydrogens is 244 g/mol. The van der Waals surface area contributed by atoms with Gasteiger partial charge in [0.25, 0.3) is 0 Å². The van der Waals surface area contributed by atoms with Gasteiger partial charge < -0.3 is 14.9 Å². The molecule has 0 aliphatic heterocycles. The maximum absolute atomic E-state index is 11.5. The van der Waals surface area contributed by atoms with E-state index < -0.39 is 5.97 Å². The highest BCUT2D eigenvalue weighted by Crippen LogP contribution is 2.29. The molecule has 1 N–H and O–H groups in total. The van der Waals surface area contributed by atoms with Gasteiger partial charge >= 0.3 is 5.97 Å². The number of carbonyl (C=O) groups is 1. The van der Waals surface area contributed by atoms with Crippen LogP contribution < -0.4 is 5.11 Å². The zero-order valence-electron chi connectivity index (χ0n) is 12.3. The van der Waals surface area contributed by atoms with Crippen molar-refractivity contribution in [2.45, 2.75) is 40.0 Å². The highest BCUT2D eigenvalue weighted by atomic mass is 16.5. The van der Waals surface area contributed by atoms with Crippen molar-refractivity contribution in [3.63, 3.8) is 0 Å². The van der Waals surface area contributed by atoms with Crippen LogP contribution in [0.3, 0.4) is 0 Å². The fourth-order valence-electron chi connectivity index (χ4n) is 1.48. The maximum Gasteiger partial charge on any atom is 0.335 e. The van der Waals surface area contributed by atoms with Crippen LogP contribution in [0.4, 0.5) is 0 Å². The van der Waals surface area contributed by atoms with Crippen molar-refractivity contribution < 1.29 is 19.7 Å². The number of hydrogen-bond acceptors (Lipinski definition) is 3. The average Bonchev–Trinajstić information content (AvgIpc) is 2.29. The lowest BCUT2D eigenvalue weighted by Crippen LogP contribution is -2.15. The van der Waals surface area contributed by atoms with E-state index in [0.29, 0.717) is 5.56 Å². The van der Waals surface area contributed by atoms with Crippen molar-refractivity contribution in [3.8, 4) is 5.75 Å². The van der Waals surface area contributed by atoms with E-state index in [-0.39, 0.29) is 16.7 Å². The van der Waals surface area contributed by atoms with E-state index in [1.165, 1.54) is 12.1 Å². The molecule has 0 fully saturated rings. The third-order valence-corrected chi connectivity index (χ3v) is 2.44. The van der Waals surface area contributed by atoms with Crippen LogP contribution >= 0.6 is 0 Å². The zero-order valence-corrected chi connectivity index (χ0v) is 12.3. The third-order valence-electron chi connectivity index (χ3n) is 2.44. The lowest BCUT2D eigenvalue weighted by atomic mass is 9.86. The molecule has 0 aliphatic carbocycles. The fraction of sp³-hybridized carbons (Fsp3) is 0.533. The van der Waals surface area contributed by atoms with Gasteiger partial charge in [-0.25, -0.2) is 4.79 Å². The van der Waals surface area contributed by atoms with E-state index in [4.69, 9.17) is 9.84 Å². The van der Waals surface area contributed by atoms with Crippen LogP contribution in [0.2, 0.25) is 0 Å². The number of rotatable bonds is 3. The van der Waals surface area contributed by atoms with E-state index in [2.05, 4.69) is 0 Å². The number of aromatic carboxylic acids is 1. The van der Waals surface area contributed by atoms with Crippen molar-refractivity contribution in [2.75, 3.05) is 13.2 Å². The molecule has 0 aliphatic rings. The summed E-state index contributed by atoms with van der Waals surface area (Å²) in [5.74, 6) is -1.28. The Morgan fingerprint density at radius 2 is 1.79 bits per heavy atom. The summed E-state index contributed by atoms with van der Waals surface area (Å²) in [5, 5.41) is 20.2. The fourth-order valence-corrected chi connectivity index (χ4v) is 1.48. The SMILES string of the molecule is CC(C)(C)c1ccc(C(=O)O)cc1[O-].CCOCC. The van der Waals surface area contributed by atoms with Crippen LogP contribution in [0, 0.1) is 0 Å². The standard InChI is InChI=1S/C11H14O3.C4H10O/c1-11(2,3)8-5-4-7(10(13)14)6-9(8)12;1-3-5-4-2/h4-6,12H,1-3H3,(H,13,14);3-4H2,1-2H3/p-1. The molecule has 1 aromatic rings. The number of benzene rings is 1. The molecule has 4 nitrogen and oxygen atoms in total. The van der Waals surface area contributed by atoms with Gasteiger partial charge in [0, 0.05) is 13.2 Å². The second-order valence-electron chi connectivity index (χ2n) is 5.05. The summed E-state index contributed by atoms with van der Waals surface area (Å²) in [6.45, 7) is 11.4. The van der Waals surface area contributed by atoms with Crippen molar-refractivity contribution in [1.82, 2.24) is 0 Å². The Bertz CT molecular complexity index is 403. The maximum atomic E-state index is 11.5. The van der Waals surface area contributed by atoms with Gasteiger partial charge in [0.2, 0.25) is 0 Å². The normalized spacial score (nSPS) is 10.6. The summed E-state index contributed by atoms with van der Waals surface area (Å²) in [5.41, 5.74) is 0.444. The van der Waals surface area contributed by atoms with Gasteiger partial charge in [-0.05, 0) is 25.3 Å². The molecule has 1 aromatic carbocycles. The summed E-state index contributed by atoms with van der Waals surface area (Å²) in [6.07, 6.45) is 0. The molecule has 0 amide bonds. The molecule has 0 heterocycles. The summed E-state index contributed by atoms with van der Waals surface area (Å²) in [7, 11) is 0. The topological polar surface area (TPSA) is 69.6 Å². The first-order chi connectivity index (χ1) is 8.73. The van der Waals surface area contributed by atoms with Gasteiger partial charge in [-0.1, -0.05) is 38.5 Å². The number of ether oxygens (including phenoxy) is 1. The Kier molecular flexibility index (Phi) is 7.16. The van der Waals surface area contributed by atoms with E-state index in [0.717, 1.165) is 13.2 Å². The molecule has 0 aromatic heterocycles. The lowest BCUT2D eigenvalue weighted by Gasteiger charge is -2.25. The monoisotopic (exact) mass is 267 g/mol. The van der Waals surface area contributed by atoms with Crippen LogP contribution in [0.5, 0.6) is 5.75 Å². The Hall–Kier alpha value is -1.55. The molecule has 108 valence electrons. The minimum atomic E-state index is -1.07. The Balaban J connectivity index is 0.000000555. The molecule has 0 saturated heterocycles. The Morgan fingerprint density at radius 3 is 2.05 bits per heavy atom. The summed E-state index contributed by atoms with van der Waals surface area (Å²) >= 11 is 0. The van der Waals surface area contributed by atoms with Crippen molar-refractivity contribution in [2.24, 2.45) is 0 Å². The van der Waals surface area contributed by atoms with Crippen LogP contribution in [-0.2, 0) is 10.2 Å². The molecular formula is C15H23O4-. The number of hydrogen-bond donors (Lipinski definition) is 1. The molecule has 0 unspecified atom stereocenters. The molecule has 0 bridgehead atoms. The smallest absolute Gasteiger partial charge is 0.335 e. The highest BCUT2D eigenvalue weighted by Gasteiger charge is 2.15. The second-order valence-corrected chi connectivity index (χ2v) is 5.05. The third kappa shape index (κ3) is 6.25. The molecule has 19 heavy (non-hydrogen) atoms. The van der Waals surface area contributed by atoms with E-state index in [1.54, 1.807) is 6.07 Å². The van der Waals surface area contributed by atoms with Crippen LogP contribution in [0.25, 0.3) is 0 Å². The first-order valence-corrected chi connectivity index (χ1v) is 6.36. The van der Waals surface area contributed by atoms with Crippen LogP contribution in [0.1, 0.15) is 50.5 Å². The van der Waals surface area contributed by atoms with Gasteiger partial charge in [0.15, 0.2) is 0 Å². The summed E-state index contributed by atoms with van der Waals surface area (Å²) in [4.78, 5) is 10.6. The van der Waals surface area contributed by atoms with Crippen LogP contribution in [0.15, 0.2) is 18.2 Å². The van der Waals surface area contributed by atoms with Crippen molar-refractivity contribution in [3.05, 3.63) is 29.3 Å². The quantitative estimate of drug-likeness (QED) is 0.914. The Morgan fingerprint density at radius 1 is 1.26 bits per heavy atom. The predicted octanol–water partition coefficient (Wildman–Crippen LogP) is 2.80. The van der Waals surface area contributed by atoms with Crippen LogP contribution in [-0.4, -0.2) is 24.3 Å². The summed E-state index contributed by atoms with van der Waals surface area (Å²) in [6, 6.07) is 4.22. The molecule has 1 rings (SSSR count). The van der Waals surface area contributed by atoms with E-state index >= 15 is 0 Å². The van der Waals surface area contributed by atoms with Crippen molar-refractivity contribution >= 4 is 5.97 Å². The van der Waals surface area contributed by atoms with Gasteiger partial charge in [-0.3, -0.25) is 0 Å². The average molecular weight is 267 g/mol. The number of carboxylic acid groups (broad SMARTS) is 1. The number of carboxylic acids is 1. The Labute approximate surface area is 115 Å². The minimum absolute atomic E-state index is 0.0444. The zero-order chi connectivity index (χ0) is 15.1. The molecule has 0 saturated carbocycles. The van der Waals surface area contributed by atoms with E-state index in [1.807, 2.05) is 34.6 Å².